The Kier molecular flexibility index (Phi) is 3.41. The van der Waals surface area contributed by atoms with Gasteiger partial charge in [0.25, 0.3) is 5.56 Å². The summed E-state index contributed by atoms with van der Waals surface area (Å²) in [5.41, 5.74) is 0.0958. The summed E-state index contributed by atoms with van der Waals surface area (Å²) in [6.07, 6.45) is 5.63. The molecule has 5 nitrogen and oxygen atoms in total. The van der Waals surface area contributed by atoms with Gasteiger partial charge in [0.15, 0.2) is 5.82 Å². The minimum Gasteiger partial charge on any atom is -0.335 e. The van der Waals surface area contributed by atoms with Crippen LogP contribution in [0, 0.1) is 0 Å². The average Bonchev–Trinajstić information content (AvgIpc) is 2.32. The zero-order chi connectivity index (χ0) is 13.3. The zero-order valence-corrected chi connectivity index (χ0v) is 11.4. The van der Waals surface area contributed by atoms with Crippen LogP contribution in [0.2, 0.25) is 0 Å². The minimum absolute atomic E-state index is 0.179. The van der Waals surface area contributed by atoms with Gasteiger partial charge in [0.2, 0.25) is 0 Å². The zero-order valence-electron chi connectivity index (χ0n) is 11.4. The summed E-state index contributed by atoms with van der Waals surface area (Å²) in [5, 5.41) is 8.34. The smallest absolute Gasteiger partial charge is 0.294 e. The maximum atomic E-state index is 12.3. The third kappa shape index (κ3) is 2.40. The molecule has 0 spiro atoms. The lowest BCUT2D eigenvalue weighted by Gasteiger charge is -2.23. The van der Waals surface area contributed by atoms with Crippen LogP contribution in [0.15, 0.2) is 4.79 Å². The summed E-state index contributed by atoms with van der Waals surface area (Å²) in [6, 6.07) is 0. The Labute approximate surface area is 107 Å². The van der Waals surface area contributed by atoms with E-state index in [1.807, 2.05) is 20.8 Å². The molecule has 2 rings (SSSR count). The SMILES string of the molecule is CC(C)(C)c1nnc(C2CCCCC2)c(=O)n1N. The molecule has 0 amide bonds. The van der Waals surface area contributed by atoms with E-state index in [9.17, 15) is 4.79 Å². The summed E-state index contributed by atoms with van der Waals surface area (Å²) in [5.74, 6) is 6.65. The molecule has 0 atom stereocenters. The predicted molar refractivity (Wildman–Crippen MR) is 71.0 cm³/mol. The van der Waals surface area contributed by atoms with Crippen molar-refractivity contribution in [1.82, 2.24) is 14.9 Å². The van der Waals surface area contributed by atoms with E-state index in [0.717, 1.165) is 25.7 Å². The van der Waals surface area contributed by atoms with Crippen LogP contribution in [0.25, 0.3) is 0 Å². The standard InChI is InChI=1S/C13H22N4O/c1-13(2,3)12-16-15-10(11(18)17(12)14)9-7-5-4-6-8-9/h9H,4-8,14H2,1-3H3. The molecule has 1 aliphatic carbocycles. The summed E-state index contributed by atoms with van der Waals surface area (Å²) in [4.78, 5) is 12.3. The summed E-state index contributed by atoms with van der Waals surface area (Å²) < 4.78 is 1.18. The van der Waals surface area contributed by atoms with Crippen molar-refractivity contribution in [3.05, 3.63) is 21.9 Å². The van der Waals surface area contributed by atoms with E-state index in [2.05, 4.69) is 10.2 Å². The van der Waals surface area contributed by atoms with E-state index in [1.165, 1.54) is 11.1 Å². The van der Waals surface area contributed by atoms with Crippen molar-refractivity contribution < 1.29 is 0 Å². The van der Waals surface area contributed by atoms with E-state index >= 15 is 0 Å². The van der Waals surface area contributed by atoms with E-state index in [-0.39, 0.29) is 16.9 Å². The minimum atomic E-state index is -0.272. The molecule has 0 radical (unpaired) electrons. The molecule has 1 heterocycles. The highest BCUT2D eigenvalue weighted by atomic mass is 16.1. The van der Waals surface area contributed by atoms with Crippen LogP contribution in [-0.4, -0.2) is 14.9 Å². The molecule has 0 aromatic carbocycles. The van der Waals surface area contributed by atoms with Gasteiger partial charge in [-0.25, -0.2) is 4.68 Å². The highest BCUT2D eigenvalue weighted by Gasteiger charge is 2.26. The molecule has 1 saturated carbocycles. The molecule has 100 valence electrons. The molecule has 1 aromatic heterocycles. The molecule has 5 heteroatoms. The van der Waals surface area contributed by atoms with Gasteiger partial charge in [-0.15, -0.1) is 10.2 Å². The third-order valence-corrected chi connectivity index (χ3v) is 3.58. The molecule has 18 heavy (non-hydrogen) atoms. The normalized spacial score (nSPS) is 17.9. The van der Waals surface area contributed by atoms with Crippen molar-refractivity contribution in [2.45, 2.75) is 64.2 Å². The number of nitrogen functional groups attached to an aromatic ring is 1. The van der Waals surface area contributed by atoms with Crippen molar-refractivity contribution >= 4 is 0 Å². The van der Waals surface area contributed by atoms with Crippen LogP contribution in [0.5, 0.6) is 0 Å². The number of rotatable bonds is 1. The third-order valence-electron chi connectivity index (χ3n) is 3.58. The molecule has 2 N–H and O–H groups in total. The Bertz CT molecular complexity index is 481. The van der Waals surface area contributed by atoms with Crippen LogP contribution in [0.3, 0.4) is 0 Å². The van der Waals surface area contributed by atoms with Crippen LogP contribution in [-0.2, 0) is 5.41 Å². The van der Waals surface area contributed by atoms with E-state index in [0.29, 0.717) is 11.5 Å². The van der Waals surface area contributed by atoms with Crippen molar-refractivity contribution in [3.8, 4) is 0 Å². The highest BCUT2D eigenvalue weighted by Crippen LogP contribution is 2.29. The number of hydrogen-bond donors (Lipinski definition) is 1. The molecule has 1 fully saturated rings. The summed E-state index contributed by atoms with van der Waals surface area (Å²) in [6.45, 7) is 5.92. The van der Waals surface area contributed by atoms with Crippen LogP contribution < -0.4 is 11.4 Å². The maximum Gasteiger partial charge on any atom is 0.294 e. The lowest BCUT2D eigenvalue weighted by Crippen LogP contribution is -2.40. The number of hydrogen-bond acceptors (Lipinski definition) is 4. The fourth-order valence-electron chi connectivity index (χ4n) is 2.56. The van der Waals surface area contributed by atoms with Gasteiger partial charge in [0, 0.05) is 11.3 Å². The monoisotopic (exact) mass is 250 g/mol. The van der Waals surface area contributed by atoms with Crippen LogP contribution >= 0.6 is 0 Å². The van der Waals surface area contributed by atoms with Gasteiger partial charge in [-0.1, -0.05) is 40.0 Å². The Morgan fingerprint density at radius 2 is 1.78 bits per heavy atom. The van der Waals surface area contributed by atoms with Crippen LogP contribution in [0.1, 0.15) is 70.3 Å². The second kappa shape index (κ2) is 4.71. The van der Waals surface area contributed by atoms with E-state index in [4.69, 9.17) is 5.84 Å². The molecule has 0 aliphatic heterocycles. The molecule has 0 unspecified atom stereocenters. The Hall–Kier alpha value is -1.39. The number of aromatic nitrogens is 3. The van der Waals surface area contributed by atoms with Crippen molar-refractivity contribution in [2.75, 3.05) is 5.84 Å². The molecule has 1 aliphatic rings. The highest BCUT2D eigenvalue weighted by molar-refractivity contribution is 5.10. The lowest BCUT2D eigenvalue weighted by molar-refractivity contribution is 0.419. The molecule has 1 aromatic rings. The largest absolute Gasteiger partial charge is 0.335 e. The number of nitrogens with zero attached hydrogens (tertiary/aromatic N) is 3. The van der Waals surface area contributed by atoms with Gasteiger partial charge in [0.05, 0.1) is 0 Å². The first kappa shape index (κ1) is 13.1. The van der Waals surface area contributed by atoms with Crippen molar-refractivity contribution in [1.29, 1.82) is 0 Å². The van der Waals surface area contributed by atoms with E-state index in [1.54, 1.807) is 0 Å². The quantitative estimate of drug-likeness (QED) is 0.770. The van der Waals surface area contributed by atoms with Crippen molar-refractivity contribution in [3.63, 3.8) is 0 Å². The molecule has 0 saturated heterocycles. The summed E-state index contributed by atoms with van der Waals surface area (Å²) >= 11 is 0. The van der Waals surface area contributed by atoms with Gasteiger partial charge in [0.1, 0.15) is 5.69 Å². The second-order valence-electron chi connectivity index (χ2n) is 6.17. The van der Waals surface area contributed by atoms with Gasteiger partial charge < -0.3 is 5.84 Å². The van der Waals surface area contributed by atoms with Crippen LogP contribution in [0.4, 0.5) is 0 Å². The maximum absolute atomic E-state index is 12.3. The summed E-state index contributed by atoms with van der Waals surface area (Å²) in [7, 11) is 0. The average molecular weight is 250 g/mol. The topological polar surface area (TPSA) is 73.8 Å². The molecular formula is C13H22N4O. The van der Waals surface area contributed by atoms with Gasteiger partial charge in [-0.2, -0.15) is 0 Å². The van der Waals surface area contributed by atoms with Gasteiger partial charge in [-0.05, 0) is 12.8 Å². The predicted octanol–water partition coefficient (Wildman–Crippen LogP) is 1.70. The molecular weight excluding hydrogens is 228 g/mol. The second-order valence-corrected chi connectivity index (χ2v) is 6.17. The fraction of sp³-hybridized carbons (Fsp3) is 0.769. The Morgan fingerprint density at radius 3 is 2.33 bits per heavy atom. The van der Waals surface area contributed by atoms with E-state index < -0.39 is 0 Å². The van der Waals surface area contributed by atoms with Gasteiger partial charge in [-0.3, -0.25) is 4.79 Å². The number of nitrogens with two attached hydrogens (primary N) is 1. The molecule has 0 bridgehead atoms. The first-order valence-corrected chi connectivity index (χ1v) is 6.66. The lowest BCUT2D eigenvalue weighted by atomic mass is 9.87. The fourth-order valence-corrected chi connectivity index (χ4v) is 2.56. The first-order valence-electron chi connectivity index (χ1n) is 6.66. The Morgan fingerprint density at radius 1 is 1.17 bits per heavy atom. The first-order chi connectivity index (χ1) is 8.41. The van der Waals surface area contributed by atoms with Crippen molar-refractivity contribution in [2.24, 2.45) is 0 Å². The van der Waals surface area contributed by atoms with Gasteiger partial charge >= 0.3 is 0 Å². The Balaban J connectivity index is 2.40.